The Bertz CT molecular complexity index is 866. The number of hydrogen-bond acceptors (Lipinski definition) is 4. The Morgan fingerprint density at radius 3 is 2.52 bits per heavy atom. The van der Waals surface area contributed by atoms with Crippen molar-refractivity contribution in [2.45, 2.75) is 13.3 Å². The summed E-state index contributed by atoms with van der Waals surface area (Å²) in [4.78, 5) is 39.0. The first-order chi connectivity index (χ1) is 10.9. The Hall–Kier alpha value is -2.38. The van der Waals surface area contributed by atoms with Crippen LogP contribution in [0.4, 0.5) is 0 Å². The van der Waals surface area contributed by atoms with Gasteiger partial charge in [-0.2, -0.15) is 5.10 Å². The van der Waals surface area contributed by atoms with Gasteiger partial charge in [-0.25, -0.2) is 10.2 Å². The summed E-state index contributed by atoms with van der Waals surface area (Å²) in [7, 11) is 0. The Morgan fingerprint density at radius 2 is 1.91 bits per heavy atom. The fraction of sp³-hybridized carbons (Fsp3) is 0.143. The SMILES string of the molecule is Cc1[nH]c(=O)[nH]c(=O)c1CC(=O)N/N=C\c1c(Cl)cccc1Cl. The van der Waals surface area contributed by atoms with E-state index in [-0.39, 0.29) is 12.0 Å². The van der Waals surface area contributed by atoms with E-state index in [0.29, 0.717) is 21.3 Å². The van der Waals surface area contributed by atoms with Gasteiger partial charge in [0.15, 0.2) is 0 Å². The summed E-state index contributed by atoms with van der Waals surface area (Å²) in [6.45, 7) is 1.53. The molecule has 0 spiro atoms. The summed E-state index contributed by atoms with van der Waals surface area (Å²) in [6, 6.07) is 4.96. The van der Waals surface area contributed by atoms with Crippen LogP contribution in [0.3, 0.4) is 0 Å². The second kappa shape index (κ2) is 7.26. The predicted octanol–water partition coefficient (Wildman–Crippen LogP) is 1.37. The number of H-pyrrole nitrogens is 2. The second-order valence-corrected chi connectivity index (χ2v) is 5.43. The molecule has 120 valence electrons. The first kappa shape index (κ1) is 17.0. The van der Waals surface area contributed by atoms with Crippen molar-refractivity contribution in [3.05, 3.63) is 65.9 Å². The lowest BCUT2D eigenvalue weighted by Gasteiger charge is -2.03. The van der Waals surface area contributed by atoms with Crippen LogP contribution in [0.25, 0.3) is 0 Å². The molecule has 2 aromatic rings. The van der Waals surface area contributed by atoms with Gasteiger partial charge in [0.05, 0.1) is 22.7 Å². The number of aromatic amines is 2. The molecule has 0 unspecified atom stereocenters. The minimum atomic E-state index is -0.622. The molecule has 2 rings (SSSR count). The highest BCUT2D eigenvalue weighted by Crippen LogP contribution is 2.21. The van der Waals surface area contributed by atoms with Crippen LogP contribution in [0.2, 0.25) is 10.0 Å². The topological polar surface area (TPSA) is 107 Å². The van der Waals surface area contributed by atoms with Gasteiger partial charge in [-0.1, -0.05) is 29.3 Å². The lowest BCUT2D eigenvalue weighted by molar-refractivity contribution is -0.120. The lowest BCUT2D eigenvalue weighted by atomic mass is 10.1. The highest BCUT2D eigenvalue weighted by atomic mass is 35.5. The average molecular weight is 355 g/mol. The molecule has 1 amide bonds. The maximum absolute atomic E-state index is 11.8. The van der Waals surface area contributed by atoms with Gasteiger partial charge in [0.1, 0.15) is 0 Å². The standard InChI is InChI=1S/C14H12Cl2N4O3/c1-7-8(13(22)19-14(23)18-7)5-12(21)20-17-6-9-10(15)3-2-4-11(9)16/h2-4,6H,5H2,1H3,(H,20,21)(H2,18,19,22,23)/b17-6-. The molecular weight excluding hydrogens is 343 g/mol. The van der Waals surface area contributed by atoms with Crippen LogP contribution in [0.1, 0.15) is 16.8 Å². The summed E-state index contributed by atoms with van der Waals surface area (Å²) in [5.74, 6) is -0.523. The molecule has 9 heteroatoms. The van der Waals surface area contributed by atoms with E-state index in [1.807, 2.05) is 0 Å². The molecule has 0 saturated heterocycles. The molecule has 0 radical (unpaired) electrons. The Kier molecular flexibility index (Phi) is 5.36. The van der Waals surface area contributed by atoms with Crippen LogP contribution in [-0.4, -0.2) is 22.1 Å². The van der Waals surface area contributed by atoms with Gasteiger partial charge in [0, 0.05) is 16.8 Å². The number of rotatable bonds is 4. The largest absolute Gasteiger partial charge is 0.325 e. The number of aromatic nitrogens is 2. The van der Waals surface area contributed by atoms with E-state index in [4.69, 9.17) is 23.2 Å². The maximum atomic E-state index is 11.8. The number of amides is 1. The number of benzene rings is 1. The van der Waals surface area contributed by atoms with Gasteiger partial charge in [0.2, 0.25) is 5.91 Å². The molecule has 0 aliphatic carbocycles. The fourth-order valence-corrected chi connectivity index (χ4v) is 2.34. The Morgan fingerprint density at radius 1 is 1.26 bits per heavy atom. The molecule has 7 nitrogen and oxygen atoms in total. The molecule has 0 atom stereocenters. The molecule has 1 aromatic heterocycles. The number of carbonyl (C=O) groups excluding carboxylic acids is 1. The zero-order chi connectivity index (χ0) is 17.0. The molecule has 1 aromatic carbocycles. The van der Waals surface area contributed by atoms with E-state index in [9.17, 15) is 14.4 Å². The van der Waals surface area contributed by atoms with Crippen LogP contribution in [-0.2, 0) is 11.2 Å². The molecule has 0 aliphatic heterocycles. The zero-order valence-electron chi connectivity index (χ0n) is 11.9. The summed E-state index contributed by atoms with van der Waals surface area (Å²) < 4.78 is 0. The molecule has 1 heterocycles. The minimum absolute atomic E-state index is 0.160. The van der Waals surface area contributed by atoms with E-state index in [1.165, 1.54) is 13.1 Å². The number of halogens is 2. The first-order valence-corrected chi connectivity index (χ1v) is 7.22. The third-order valence-electron chi connectivity index (χ3n) is 2.97. The highest BCUT2D eigenvalue weighted by molar-refractivity contribution is 6.38. The third-order valence-corrected chi connectivity index (χ3v) is 3.63. The van der Waals surface area contributed by atoms with Crippen LogP contribution < -0.4 is 16.7 Å². The number of nitrogens with one attached hydrogen (secondary N) is 3. The number of aryl methyl sites for hydroxylation is 1. The molecular formula is C14H12Cl2N4O3. The minimum Gasteiger partial charge on any atom is -0.311 e. The van der Waals surface area contributed by atoms with Crippen molar-refractivity contribution in [2.24, 2.45) is 5.10 Å². The lowest BCUT2D eigenvalue weighted by Crippen LogP contribution is -2.30. The van der Waals surface area contributed by atoms with Gasteiger partial charge in [-0.3, -0.25) is 14.6 Å². The van der Waals surface area contributed by atoms with Crippen LogP contribution in [0.15, 0.2) is 32.9 Å². The Balaban J connectivity index is 2.08. The van der Waals surface area contributed by atoms with Crippen molar-refractivity contribution in [2.75, 3.05) is 0 Å². The number of hydrogen-bond donors (Lipinski definition) is 3. The van der Waals surface area contributed by atoms with E-state index in [0.717, 1.165) is 0 Å². The van der Waals surface area contributed by atoms with Crippen LogP contribution in [0, 0.1) is 6.92 Å². The van der Waals surface area contributed by atoms with Crippen molar-refractivity contribution >= 4 is 35.3 Å². The second-order valence-electron chi connectivity index (χ2n) is 4.62. The van der Waals surface area contributed by atoms with Crippen LogP contribution in [0.5, 0.6) is 0 Å². The molecule has 0 bridgehead atoms. The van der Waals surface area contributed by atoms with Gasteiger partial charge in [0.25, 0.3) is 5.56 Å². The van der Waals surface area contributed by atoms with Crippen molar-refractivity contribution in [1.82, 2.24) is 15.4 Å². The van der Waals surface area contributed by atoms with E-state index < -0.39 is 17.2 Å². The quantitative estimate of drug-likeness (QED) is 0.569. The van der Waals surface area contributed by atoms with E-state index in [1.54, 1.807) is 18.2 Å². The van der Waals surface area contributed by atoms with Crippen LogP contribution >= 0.6 is 23.2 Å². The van der Waals surface area contributed by atoms with Crippen molar-refractivity contribution in [1.29, 1.82) is 0 Å². The maximum Gasteiger partial charge on any atom is 0.325 e. The number of hydrazone groups is 1. The van der Waals surface area contributed by atoms with E-state index >= 15 is 0 Å². The molecule has 3 N–H and O–H groups in total. The van der Waals surface area contributed by atoms with Gasteiger partial charge < -0.3 is 4.98 Å². The Labute approximate surface area is 140 Å². The highest BCUT2D eigenvalue weighted by Gasteiger charge is 2.10. The molecule has 0 saturated carbocycles. The van der Waals surface area contributed by atoms with Crippen molar-refractivity contribution in [3.63, 3.8) is 0 Å². The number of nitrogens with zero attached hydrogens (tertiary/aromatic N) is 1. The van der Waals surface area contributed by atoms with Gasteiger partial charge >= 0.3 is 5.69 Å². The summed E-state index contributed by atoms with van der Waals surface area (Å²) in [5, 5.41) is 4.54. The molecule has 0 fully saturated rings. The van der Waals surface area contributed by atoms with Gasteiger partial charge in [-0.05, 0) is 19.1 Å². The molecule has 23 heavy (non-hydrogen) atoms. The monoisotopic (exact) mass is 354 g/mol. The van der Waals surface area contributed by atoms with Crippen molar-refractivity contribution in [3.8, 4) is 0 Å². The normalized spacial score (nSPS) is 10.9. The smallest absolute Gasteiger partial charge is 0.311 e. The van der Waals surface area contributed by atoms with E-state index in [2.05, 4.69) is 20.5 Å². The summed E-state index contributed by atoms with van der Waals surface area (Å²) >= 11 is 11.9. The molecule has 0 aliphatic rings. The summed E-state index contributed by atoms with van der Waals surface area (Å²) in [5.41, 5.74) is 1.99. The third kappa shape index (κ3) is 4.30. The zero-order valence-corrected chi connectivity index (χ0v) is 13.5. The van der Waals surface area contributed by atoms with Crippen molar-refractivity contribution < 1.29 is 4.79 Å². The predicted molar refractivity (Wildman–Crippen MR) is 88.3 cm³/mol. The van der Waals surface area contributed by atoms with Gasteiger partial charge in [-0.15, -0.1) is 0 Å². The fourth-order valence-electron chi connectivity index (χ4n) is 1.84. The summed E-state index contributed by atoms with van der Waals surface area (Å²) in [6.07, 6.45) is 1.08. The first-order valence-electron chi connectivity index (χ1n) is 6.46. The number of carbonyl (C=O) groups is 1. The average Bonchev–Trinajstić information content (AvgIpc) is 2.46.